The van der Waals surface area contributed by atoms with Crippen molar-refractivity contribution in [1.82, 2.24) is 4.98 Å². The lowest BCUT2D eigenvalue weighted by atomic mass is 10.1. The van der Waals surface area contributed by atoms with Crippen molar-refractivity contribution in [3.8, 4) is 11.5 Å². The van der Waals surface area contributed by atoms with E-state index < -0.39 is 12.1 Å². The minimum atomic E-state index is -0.920. The summed E-state index contributed by atoms with van der Waals surface area (Å²) in [6, 6.07) is 10.8. The molecule has 6 nitrogen and oxygen atoms in total. The molecule has 3 aromatic rings. The molecule has 7 heteroatoms. The molecule has 0 bridgehead atoms. The van der Waals surface area contributed by atoms with E-state index in [1.54, 1.807) is 31.3 Å². The van der Waals surface area contributed by atoms with E-state index in [1.165, 1.54) is 6.08 Å². The van der Waals surface area contributed by atoms with Gasteiger partial charge in [0.15, 0.2) is 17.6 Å². The Kier molecular flexibility index (Phi) is 4.79. The van der Waals surface area contributed by atoms with Gasteiger partial charge in [-0.3, -0.25) is 4.79 Å². The van der Waals surface area contributed by atoms with Crippen LogP contribution in [0.15, 0.2) is 48.7 Å². The molecule has 1 N–H and O–H groups in total. The Morgan fingerprint density at radius 1 is 1.25 bits per heavy atom. The van der Waals surface area contributed by atoms with Crippen molar-refractivity contribution in [2.45, 2.75) is 13.0 Å². The molecule has 2 aromatic carbocycles. The third-order valence-electron chi connectivity index (χ3n) is 4.38. The van der Waals surface area contributed by atoms with Crippen molar-refractivity contribution in [1.29, 1.82) is 0 Å². The average Bonchev–Trinajstić information content (AvgIpc) is 3.33. The summed E-state index contributed by atoms with van der Waals surface area (Å²) in [5.74, 6) is 0.0996. The fourth-order valence-electron chi connectivity index (χ4n) is 3.01. The molecule has 0 fully saturated rings. The third-order valence-corrected chi connectivity index (χ3v) is 4.66. The van der Waals surface area contributed by atoms with Gasteiger partial charge in [0.05, 0.1) is 5.02 Å². The van der Waals surface area contributed by atoms with Gasteiger partial charge in [-0.05, 0) is 36.8 Å². The number of carbonyl (C=O) groups is 2. The second-order valence-electron chi connectivity index (χ2n) is 6.26. The van der Waals surface area contributed by atoms with E-state index in [9.17, 15) is 9.59 Å². The highest BCUT2D eigenvalue weighted by Gasteiger charge is 2.22. The van der Waals surface area contributed by atoms with Gasteiger partial charge in [0, 0.05) is 28.7 Å². The van der Waals surface area contributed by atoms with Crippen LogP contribution in [0, 0.1) is 0 Å². The lowest BCUT2D eigenvalue weighted by Crippen LogP contribution is -2.23. The Morgan fingerprint density at radius 3 is 2.93 bits per heavy atom. The summed E-state index contributed by atoms with van der Waals surface area (Å²) in [6.45, 7) is 1.66. The molecule has 0 radical (unpaired) electrons. The van der Waals surface area contributed by atoms with Crippen molar-refractivity contribution in [2.75, 3.05) is 6.79 Å². The summed E-state index contributed by atoms with van der Waals surface area (Å²) in [5.41, 5.74) is 1.99. The van der Waals surface area contributed by atoms with Gasteiger partial charge in [-0.2, -0.15) is 0 Å². The topological polar surface area (TPSA) is 77.6 Å². The predicted octanol–water partition coefficient (Wildman–Crippen LogP) is 4.38. The number of rotatable bonds is 5. The number of nitrogens with one attached hydrogen (secondary N) is 1. The fourth-order valence-corrected chi connectivity index (χ4v) is 3.28. The van der Waals surface area contributed by atoms with Gasteiger partial charge in [-0.15, -0.1) is 0 Å². The van der Waals surface area contributed by atoms with Crippen molar-refractivity contribution in [3.05, 3.63) is 64.8 Å². The number of ketones is 1. The number of benzene rings is 2. The number of aromatic amines is 1. The maximum absolute atomic E-state index is 12.6. The Bertz CT molecular complexity index is 1100. The monoisotopic (exact) mass is 397 g/mol. The SMILES string of the molecule is C[C@@H](OC(=O)/C=C/c1cc(Cl)c2c(c1)OCO2)C(=O)c1c[nH]c2ccccc12. The normalized spacial score (nSPS) is 13.8. The maximum Gasteiger partial charge on any atom is 0.331 e. The second-order valence-corrected chi connectivity index (χ2v) is 6.67. The summed E-state index contributed by atoms with van der Waals surface area (Å²) in [7, 11) is 0. The molecule has 28 heavy (non-hydrogen) atoms. The zero-order valence-electron chi connectivity index (χ0n) is 14.9. The van der Waals surface area contributed by atoms with Gasteiger partial charge in [-0.25, -0.2) is 4.79 Å². The summed E-state index contributed by atoms with van der Waals surface area (Å²) in [5, 5.41) is 1.19. The predicted molar refractivity (Wildman–Crippen MR) is 105 cm³/mol. The largest absolute Gasteiger partial charge is 0.454 e. The first kappa shape index (κ1) is 18.1. The Balaban J connectivity index is 1.44. The second kappa shape index (κ2) is 7.40. The van der Waals surface area contributed by atoms with Crippen LogP contribution in [-0.4, -0.2) is 29.6 Å². The van der Waals surface area contributed by atoms with E-state index in [1.807, 2.05) is 24.3 Å². The summed E-state index contributed by atoms with van der Waals surface area (Å²) in [6.07, 6.45) is 3.49. The van der Waals surface area contributed by atoms with Crippen molar-refractivity contribution in [3.63, 3.8) is 0 Å². The van der Waals surface area contributed by atoms with E-state index in [0.717, 1.165) is 10.9 Å². The van der Waals surface area contributed by atoms with E-state index >= 15 is 0 Å². The fraction of sp³-hybridized carbons (Fsp3) is 0.143. The van der Waals surface area contributed by atoms with Crippen LogP contribution < -0.4 is 9.47 Å². The molecular formula is C21H16ClNO5. The lowest BCUT2D eigenvalue weighted by molar-refractivity contribution is -0.140. The molecule has 1 atom stereocenters. The van der Waals surface area contributed by atoms with Crippen LogP contribution in [-0.2, 0) is 9.53 Å². The molecule has 1 aromatic heterocycles. The number of esters is 1. The van der Waals surface area contributed by atoms with Gasteiger partial charge in [0.1, 0.15) is 0 Å². The number of para-hydroxylation sites is 1. The van der Waals surface area contributed by atoms with Crippen LogP contribution in [0.1, 0.15) is 22.8 Å². The molecule has 142 valence electrons. The zero-order valence-corrected chi connectivity index (χ0v) is 15.7. The van der Waals surface area contributed by atoms with Crippen molar-refractivity contribution < 1.29 is 23.8 Å². The van der Waals surface area contributed by atoms with Gasteiger partial charge in [0.25, 0.3) is 0 Å². The molecule has 4 rings (SSSR count). The summed E-state index contributed by atoms with van der Waals surface area (Å²) < 4.78 is 15.8. The highest BCUT2D eigenvalue weighted by molar-refractivity contribution is 6.32. The quantitative estimate of drug-likeness (QED) is 0.393. The average molecular weight is 398 g/mol. The first-order valence-electron chi connectivity index (χ1n) is 8.61. The first-order chi connectivity index (χ1) is 13.5. The number of Topliss-reactive ketones (excluding diaryl/α,β-unsaturated/α-hetero) is 1. The van der Waals surface area contributed by atoms with E-state index in [0.29, 0.717) is 27.6 Å². The summed E-state index contributed by atoms with van der Waals surface area (Å²) in [4.78, 5) is 27.8. The molecule has 0 spiro atoms. The molecule has 0 aliphatic carbocycles. The smallest absolute Gasteiger partial charge is 0.331 e. The molecule has 0 amide bonds. The zero-order chi connectivity index (χ0) is 19.7. The Hall–Kier alpha value is -3.25. The van der Waals surface area contributed by atoms with Crippen LogP contribution >= 0.6 is 11.6 Å². The number of hydrogen-bond acceptors (Lipinski definition) is 5. The van der Waals surface area contributed by atoms with E-state index in [-0.39, 0.29) is 12.6 Å². The minimum Gasteiger partial charge on any atom is -0.454 e. The molecule has 0 saturated heterocycles. The molecule has 0 unspecified atom stereocenters. The van der Waals surface area contributed by atoms with Gasteiger partial charge in [-0.1, -0.05) is 29.8 Å². The standard InChI is InChI=1S/C21H16ClNO5/c1-12(20(25)15-10-23-17-5-3-2-4-14(15)17)28-19(24)7-6-13-8-16(22)21-18(9-13)26-11-27-21/h2-10,12,23H,11H2,1H3/b7-6+/t12-/m1/s1. The number of carbonyl (C=O) groups excluding carboxylic acids is 2. The first-order valence-corrected chi connectivity index (χ1v) is 8.99. The van der Waals surface area contributed by atoms with Crippen molar-refractivity contribution >= 4 is 40.3 Å². The number of aromatic nitrogens is 1. The Morgan fingerprint density at radius 2 is 2.07 bits per heavy atom. The van der Waals surface area contributed by atoms with Gasteiger partial charge in [0.2, 0.25) is 12.6 Å². The Labute approximate surface area is 165 Å². The van der Waals surface area contributed by atoms with Crippen LogP contribution in [0.4, 0.5) is 0 Å². The van der Waals surface area contributed by atoms with E-state index in [4.69, 9.17) is 25.8 Å². The van der Waals surface area contributed by atoms with Gasteiger partial charge >= 0.3 is 5.97 Å². The highest BCUT2D eigenvalue weighted by Crippen LogP contribution is 2.40. The molecule has 0 saturated carbocycles. The van der Waals surface area contributed by atoms with Crippen LogP contribution in [0.5, 0.6) is 11.5 Å². The van der Waals surface area contributed by atoms with Crippen LogP contribution in [0.25, 0.3) is 17.0 Å². The van der Waals surface area contributed by atoms with E-state index in [2.05, 4.69) is 4.98 Å². The summed E-state index contributed by atoms with van der Waals surface area (Å²) >= 11 is 6.12. The number of fused-ring (bicyclic) bond motifs is 2. The molecule has 1 aliphatic heterocycles. The number of H-pyrrole nitrogens is 1. The maximum atomic E-state index is 12.6. The van der Waals surface area contributed by atoms with Crippen LogP contribution in [0.3, 0.4) is 0 Å². The number of ether oxygens (including phenoxy) is 3. The molecule has 1 aliphatic rings. The minimum absolute atomic E-state index is 0.109. The van der Waals surface area contributed by atoms with Crippen LogP contribution in [0.2, 0.25) is 5.02 Å². The number of halogens is 1. The van der Waals surface area contributed by atoms with Gasteiger partial charge < -0.3 is 19.2 Å². The van der Waals surface area contributed by atoms with Crippen molar-refractivity contribution in [2.24, 2.45) is 0 Å². The number of hydrogen-bond donors (Lipinski definition) is 1. The molecular weight excluding hydrogens is 382 g/mol. The highest BCUT2D eigenvalue weighted by atomic mass is 35.5. The third kappa shape index (κ3) is 3.46. The molecule has 2 heterocycles. The lowest BCUT2D eigenvalue weighted by Gasteiger charge is -2.10.